The molecule has 8 heteroatoms. The summed E-state index contributed by atoms with van der Waals surface area (Å²) in [7, 11) is 1.59. The second-order valence-corrected chi connectivity index (χ2v) is 9.62. The van der Waals surface area contributed by atoms with Crippen molar-refractivity contribution in [2.45, 2.75) is 49.4 Å². The number of carbonyl (C=O) groups is 1. The molecule has 1 amide bonds. The number of aromatic amines is 1. The lowest BCUT2D eigenvalue weighted by Gasteiger charge is -2.13. The Balaban J connectivity index is 1.29. The number of thioether (sulfide) groups is 1. The van der Waals surface area contributed by atoms with Crippen LogP contribution in [0, 0.1) is 5.92 Å². The van der Waals surface area contributed by atoms with Crippen LogP contribution >= 0.6 is 11.8 Å². The van der Waals surface area contributed by atoms with Crippen LogP contribution in [-0.2, 0) is 11.2 Å². The summed E-state index contributed by atoms with van der Waals surface area (Å²) < 4.78 is 11.5. The summed E-state index contributed by atoms with van der Waals surface area (Å²) in [5.41, 5.74) is 2.08. The Kier molecular flexibility index (Phi) is 5.78. The third-order valence-electron chi connectivity index (χ3n) is 6.08. The van der Waals surface area contributed by atoms with Crippen molar-refractivity contribution in [2.24, 2.45) is 5.92 Å². The SMILES string of the molecule is COc1cc2c(cc1NC(=O)C(C)Sc1n[nH]c(CC3CCCC3)n1)oc1ccccc12. The summed E-state index contributed by atoms with van der Waals surface area (Å²) in [6.07, 6.45) is 6.07. The molecule has 166 valence electrons. The number of benzene rings is 2. The smallest absolute Gasteiger partial charge is 0.237 e. The van der Waals surface area contributed by atoms with Gasteiger partial charge in [0.05, 0.1) is 18.0 Å². The Bertz CT molecular complexity index is 1260. The van der Waals surface area contributed by atoms with E-state index in [1.54, 1.807) is 7.11 Å². The van der Waals surface area contributed by atoms with E-state index < -0.39 is 0 Å². The van der Waals surface area contributed by atoms with Crippen LogP contribution < -0.4 is 10.1 Å². The monoisotopic (exact) mass is 450 g/mol. The van der Waals surface area contributed by atoms with E-state index in [0.717, 1.165) is 28.6 Å². The largest absolute Gasteiger partial charge is 0.495 e. The van der Waals surface area contributed by atoms with Crippen LogP contribution in [-0.4, -0.2) is 33.4 Å². The van der Waals surface area contributed by atoms with Gasteiger partial charge in [0.25, 0.3) is 0 Å². The topological polar surface area (TPSA) is 93.0 Å². The van der Waals surface area contributed by atoms with Crippen LogP contribution in [0.3, 0.4) is 0 Å². The number of hydrogen-bond acceptors (Lipinski definition) is 6. The highest BCUT2D eigenvalue weighted by Gasteiger charge is 2.21. The van der Waals surface area contributed by atoms with Crippen molar-refractivity contribution in [1.82, 2.24) is 15.2 Å². The minimum Gasteiger partial charge on any atom is -0.495 e. The minimum absolute atomic E-state index is 0.147. The maximum atomic E-state index is 12.9. The molecule has 0 bridgehead atoms. The van der Waals surface area contributed by atoms with E-state index in [9.17, 15) is 4.79 Å². The Labute approximate surface area is 190 Å². The quantitative estimate of drug-likeness (QED) is 0.358. The van der Waals surface area contributed by atoms with Gasteiger partial charge in [-0.3, -0.25) is 9.89 Å². The molecule has 0 radical (unpaired) electrons. The van der Waals surface area contributed by atoms with Crippen LogP contribution in [0.15, 0.2) is 46.0 Å². The van der Waals surface area contributed by atoms with Gasteiger partial charge in [0.1, 0.15) is 22.7 Å². The van der Waals surface area contributed by atoms with Crippen molar-refractivity contribution in [3.05, 3.63) is 42.2 Å². The molecule has 0 aliphatic heterocycles. The van der Waals surface area contributed by atoms with Crippen molar-refractivity contribution in [3.8, 4) is 5.75 Å². The van der Waals surface area contributed by atoms with Gasteiger partial charge in [0.15, 0.2) is 0 Å². The van der Waals surface area contributed by atoms with E-state index in [1.807, 2.05) is 43.3 Å². The fourth-order valence-corrected chi connectivity index (χ4v) is 5.12. The van der Waals surface area contributed by atoms with Gasteiger partial charge in [-0.05, 0) is 25.0 Å². The average Bonchev–Trinajstić information content (AvgIpc) is 3.53. The Morgan fingerprint density at radius 3 is 2.88 bits per heavy atom. The summed E-state index contributed by atoms with van der Waals surface area (Å²) in [6, 6.07) is 11.6. The number of para-hydroxylation sites is 1. The molecule has 4 aromatic rings. The molecule has 1 aliphatic rings. The zero-order valence-electron chi connectivity index (χ0n) is 18.2. The van der Waals surface area contributed by atoms with E-state index >= 15 is 0 Å². The predicted molar refractivity (Wildman–Crippen MR) is 126 cm³/mol. The normalized spacial score (nSPS) is 15.4. The lowest BCUT2D eigenvalue weighted by Crippen LogP contribution is -2.22. The summed E-state index contributed by atoms with van der Waals surface area (Å²) in [6.45, 7) is 1.85. The molecule has 0 spiro atoms. The van der Waals surface area contributed by atoms with E-state index in [-0.39, 0.29) is 11.2 Å². The number of carbonyl (C=O) groups excluding carboxylic acids is 1. The maximum absolute atomic E-state index is 12.9. The molecule has 2 heterocycles. The summed E-state index contributed by atoms with van der Waals surface area (Å²) in [5.74, 6) is 2.04. The van der Waals surface area contributed by atoms with Crippen LogP contribution in [0.2, 0.25) is 0 Å². The molecule has 1 aliphatic carbocycles. The zero-order chi connectivity index (χ0) is 22.1. The summed E-state index contributed by atoms with van der Waals surface area (Å²) in [5, 5.41) is 12.5. The molecule has 1 fully saturated rings. The van der Waals surface area contributed by atoms with E-state index in [2.05, 4.69) is 20.5 Å². The standard InChI is InChI=1S/C24H26N4O3S/c1-14(32-24-26-22(27-28-24)11-15-7-3-4-8-15)23(29)25-18-13-20-17(12-21(18)30-2)16-9-5-6-10-19(16)31-20/h5-6,9-10,12-15H,3-4,7-8,11H2,1-2H3,(H,25,29)(H,26,27,28). The third-order valence-corrected chi connectivity index (χ3v) is 7.04. The van der Waals surface area contributed by atoms with Crippen molar-refractivity contribution in [3.63, 3.8) is 0 Å². The fraction of sp³-hybridized carbons (Fsp3) is 0.375. The lowest BCUT2D eigenvalue weighted by atomic mass is 10.0. The van der Waals surface area contributed by atoms with Crippen molar-refractivity contribution in [1.29, 1.82) is 0 Å². The van der Waals surface area contributed by atoms with Crippen LogP contribution in [0.4, 0.5) is 5.69 Å². The number of fused-ring (bicyclic) bond motifs is 3. The van der Waals surface area contributed by atoms with E-state index in [1.165, 1.54) is 37.4 Å². The molecule has 32 heavy (non-hydrogen) atoms. The van der Waals surface area contributed by atoms with Gasteiger partial charge in [-0.2, -0.15) is 0 Å². The number of hydrogen-bond donors (Lipinski definition) is 2. The Hall–Kier alpha value is -3.00. The number of furan rings is 1. The highest BCUT2D eigenvalue weighted by molar-refractivity contribution is 8.00. The maximum Gasteiger partial charge on any atom is 0.237 e. The second kappa shape index (κ2) is 8.86. The number of methoxy groups -OCH3 is 1. The lowest BCUT2D eigenvalue weighted by molar-refractivity contribution is -0.115. The first-order valence-electron chi connectivity index (χ1n) is 11.0. The first kappa shape index (κ1) is 20.9. The number of nitrogens with zero attached hydrogens (tertiary/aromatic N) is 2. The number of amides is 1. The van der Waals surface area contributed by atoms with Gasteiger partial charge in [-0.1, -0.05) is 55.6 Å². The highest BCUT2D eigenvalue weighted by atomic mass is 32.2. The number of aromatic nitrogens is 3. The van der Waals surface area contributed by atoms with Gasteiger partial charge in [0, 0.05) is 23.3 Å². The molecule has 2 aromatic carbocycles. The fourth-order valence-electron chi connectivity index (χ4n) is 4.37. The first-order valence-corrected chi connectivity index (χ1v) is 11.9. The average molecular weight is 451 g/mol. The first-order chi connectivity index (χ1) is 15.6. The van der Waals surface area contributed by atoms with Gasteiger partial charge < -0.3 is 14.5 Å². The molecule has 7 nitrogen and oxygen atoms in total. The minimum atomic E-state index is -0.374. The number of anilines is 1. The molecule has 5 rings (SSSR count). The van der Waals surface area contributed by atoms with Crippen molar-refractivity contribution in [2.75, 3.05) is 12.4 Å². The number of H-pyrrole nitrogens is 1. The molecule has 1 atom stereocenters. The van der Waals surface area contributed by atoms with E-state index in [4.69, 9.17) is 9.15 Å². The van der Waals surface area contributed by atoms with Gasteiger partial charge in [-0.25, -0.2) is 4.98 Å². The van der Waals surface area contributed by atoms with Gasteiger partial charge >= 0.3 is 0 Å². The Morgan fingerprint density at radius 2 is 2.06 bits per heavy atom. The highest BCUT2D eigenvalue weighted by Crippen LogP contribution is 2.36. The Morgan fingerprint density at radius 1 is 1.25 bits per heavy atom. The van der Waals surface area contributed by atoms with Gasteiger partial charge in [-0.15, -0.1) is 5.10 Å². The van der Waals surface area contributed by atoms with Crippen LogP contribution in [0.5, 0.6) is 5.75 Å². The predicted octanol–water partition coefficient (Wildman–Crippen LogP) is 5.56. The molecule has 2 N–H and O–H groups in total. The number of nitrogens with one attached hydrogen (secondary N) is 2. The molecule has 0 saturated heterocycles. The molecular weight excluding hydrogens is 424 g/mol. The molecule has 2 aromatic heterocycles. The molecular formula is C24H26N4O3S. The van der Waals surface area contributed by atoms with E-state index in [0.29, 0.717) is 28.1 Å². The van der Waals surface area contributed by atoms with Crippen LogP contribution in [0.25, 0.3) is 21.9 Å². The molecule has 1 saturated carbocycles. The second-order valence-electron chi connectivity index (χ2n) is 8.32. The zero-order valence-corrected chi connectivity index (χ0v) is 19.0. The van der Waals surface area contributed by atoms with Crippen molar-refractivity contribution >= 4 is 45.3 Å². The third kappa shape index (κ3) is 4.19. The van der Waals surface area contributed by atoms with Crippen molar-refractivity contribution < 1.29 is 13.9 Å². The van der Waals surface area contributed by atoms with Gasteiger partial charge in [0.2, 0.25) is 11.1 Å². The number of ether oxygens (including phenoxy) is 1. The number of rotatable bonds is 7. The summed E-state index contributed by atoms with van der Waals surface area (Å²) in [4.78, 5) is 17.5. The van der Waals surface area contributed by atoms with Crippen LogP contribution in [0.1, 0.15) is 38.4 Å². The molecule has 1 unspecified atom stereocenters. The summed E-state index contributed by atoms with van der Waals surface area (Å²) >= 11 is 1.34.